The van der Waals surface area contributed by atoms with Crippen molar-refractivity contribution in [3.05, 3.63) is 35.9 Å². The van der Waals surface area contributed by atoms with Crippen LogP contribution in [0.4, 0.5) is 0 Å². The summed E-state index contributed by atoms with van der Waals surface area (Å²) >= 11 is 0. The summed E-state index contributed by atoms with van der Waals surface area (Å²) in [4.78, 5) is 11.9. The summed E-state index contributed by atoms with van der Waals surface area (Å²) in [5.74, 6) is -0.854. The van der Waals surface area contributed by atoms with Gasteiger partial charge in [-0.3, -0.25) is 4.79 Å². The van der Waals surface area contributed by atoms with Crippen molar-refractivity contribution in [2.45, 2.75) is 39.7 Å². The minimum absolute atomic E-state index is 0.128. The number of esters is 1. The Balaban J connectivity index is 2.82. The fourth-order valence-electron chi connectivity index (χ4n) is 2.03. The molecule has 0 aliphatic carbocycles. The summed E-state index contributed by atoms with van der Waals surface area (Å²) in [5, 5.41) is 10.4. The molecule has 0 aliphatic rings. The maximum atomic E-state index is 11.9. The summed E-state index contributed by atoms with van der Waals surface area (Å²) in [6.07, 6.45) is 0.666. The quantitative estimate of drug-likeness (QED) is 0.830. The fraction of sp³-hybridized carbons (Fsp3) is 0.562. The van der Waals surface area contributed by atoms with E-state index in [2.05, 4.69) is 20.8 Å². The van der Waals surface area contributed by atoms with Crippen LogP contribution in [0.5, 0.6) is 0 Å². The number of hydrogen-bond donors (Lipinski definition) is 1. The zero-order valence-corrected chi connectivity index (χ0v) is 12.2. The van der Waals surface area contributed by atoms with Gasteiger partial charge in [0.2, 0.25) is 0 Å². The van der Waals surface area contributed by atoms with Gasteiger partial charge in [-0.1, -0.05) is 51.1 Å². The molecule has 2 unspecified atom stereocenters. The van der Waals surface area contributed by atoms with Crippen LogP contribution in [0.25, 0.3) is 0 Å². The lowest BCUT2D eigenvalue weighted by atomic mass is 9.83. The predicted octanol–water partition coefficient (Wildman–Crippen LogP) is 3.34. The molecule has 0 aromatic heterocycles. The van der Waals surface area contributed by atoms with Gasteiger partial charge >= 0.3 is 5.97 Å². The second kappa shape index (κ2) is 6.71. The van der Waals surface area contributed by atoms with Crippen LogP contribution < -0.4 is 0 Å². The second-order valence-corrected chi connectivity index (χ2v) is 6.08. The molecule has 1 aromatic carbocycles. The van der Waals surface area contributed by atoms with Gasteiger partial charge in [-0.05, 0) is 23.8 Å². The van der Waals surface area contributed by atoms with Gasteiger partial charge in [0, 0.05) is 0 Å². The third-order valence-corrected chi connectivity index (χ3v) is 3.23. The fourth-order valence-corrected chi connectivity index (χ4v) is 2.03. The highest BCUT2D eigenvalue weighted by atomic mass is 16.5. The van der Waals surface area contributed by atoms with Gasteiger partial charge in [0.1, 0.15) is 0 Å². The highest BCUT2D eigenvalue weighted by Gasteiger charge is 2.30. The largest absolute Gasteiger partial charge is 0.469 e. The van der Waals surface area contributed by atoms with E-state index in [-0.39, 0.29) is 11.4 Å². The van der Waals surface area contributed by atoms with E-state index in [1.54, 1.807) is 0 Å². The molecule has 106 valence electrons. The van der Waals surface area contributed by atoms with Crippen molar-refractivity contribution in [3.63, 3.8) is 0 Å². The Morgan fingerprint density at radius 3 is 2.32 bits per heavy atom. The number of aliphatic hydroxyl groups is 1. The number of rotatable bonds is 5. The van der Waals surface area contributed by atoms with Crippen molar-refractivity contribution in [2.75, 3.05) is 7.11 Å². The number of carbonyl (C=O) groups is 1. The molecule has 0 saturated heterocycles. The van der Waals surface area contributed by atoms with Gasteiger partial charge in [0.15, 0.2) is 0 Å². The highest BCUT2D eigenvalue weighted by Crippen LogP contribution is 2.31. The molecule has 3 heteroatoms. The van der Waals surface area contributed by atoms with E-state index in [4.69, 9.17) is 4.74 Å². The predicted molar refractivity (Wildman–Crippen MR) is 75.6 cm³/mol. The second-order valence-electron chi connectivity index (χ2n) is 6.08. The lowest BCUT2D eigenvalue weighted by Crippen LogP contribution is -2.25. The SMILES string of the molecule is COC(=O)C(CCC(C)(C)C)C(O)c1ccccc1. The Bertz CT molecular complexity index is 392. The van der Waals surface area contributed by atoms with Crippen LogP contribution in [-0.2, 0) is 9.53 Å². The maximum Gasteiger partial charge on any atom is 0.311 e. The summed E-state index contributed by atoms with van der Waals surface area (Å²) in [6.45, 7) is 6.36. The zero-order valence-electron chi connectivity index (χ0n) is 12.2. The van der Waals surface area contributed by atoms with Crippen LogP contribution in [0, 0.1) is 11.3 Å². The van der Waals surface area contributed by atoms with Crippen molar-refractivity contribution in [1.82, 2.24) is 0 Å². The molecule has 3 nitrogen and oxygen atoms in total. The number of benzene rings is 1. The van der Waals surface area contributed by atoms with Crippen molar-refractivity contribution < 1.29 is 14.6 Å². The standard InChI is InChI=1S/C16H24O3/c1-16(2,3)11-10-13(15(18)19-4)14(17)12-8-6-5-7-9-12/h5-9,13-14,17H,10-11H2,1-4H3. The number of hydrogen-bond acceptors (Lipinski definition) is 3. The van der Waals surface area contributed by atoms with Crippen LogP contribution in [-0.4, -0.2) is 18.2 Å². The molecular formula is C16H24O3. The molecule has 1 N–H and O–H groups in total. The first kappa shape index (κ1) is 15.7. The third kappa shape index (κ3) is 5.03. The van der Waals surface area contributed by atoms with Gasteiger partial charge < -0.3 is 9.84 Å². The maximum absolute atomic E-state index is 11.9. The first-order valence-corrected chi connectivity index (χ1v) is 6.66. The molecule has 0 saturated carbocycles. The average molecular weight is 264 g/mol. The molecule has 1 aromatic rings. The molecule has 0 spiro atoms. The van der Waals surface area contributed by atoms with E-state index in [0.717, 1.165) is 12.0 Å². The van der Waals surface area contributed by atoms with Crippen LogP contribution in [0.1, 0.15) is 45.3 Å². The normalized spacial score (nSPS) is 14.8. The average Bonchev–Trinajstić information content (AvgIpc) is 2.38. The van der Waals surface area contributed by atoms with Crippen molar-refractivity contribution in [2.24, 2.45) is 11.3 Å². The number of aliphatic hydroxyl groups excluding tert-OH is 1. The minimum atomic E-state index is -0.809. The molecule has 0 amide bonds. The van der Waals surface area contributed by atoms with Gasteiger partial charge in [-0.15, -0.1) is 0 Å². The van der Waals surface area contributed by atoms with E-state index in [1.807, 2.05) is 30.3 Å². The number of ether oxygens (including phenoxy) is 1. The molecule has 0 fully saturated rings. The molecule has 19 heavy (non-hydrogen) atoms. The topological polar surface area (TPSA) is 46.5 Å². The van der Waals surface area contributed by atoms with Crippen LogP contribution in [0.3, 0.4) is 0 Å². The summed E-state index contributed by atoms with van der Waals surface area (Å²) < 4.78 is 4.82. The van der Waals surface area contributed by atoms with Crippen molar-refractivity contribution >= 4 is 5.97 Å². The Morgan fingerprint density at radius 1 is 1.26 bits per heavy atom. The Labute approximate surface area is 115 Å². The first-order valence-electron chi connectivity index (χ1n) is 6.66. The zero-order chi connectivity index (χ0) is 14.5. The molecular weight excluding hydrogens is 240 g/mol. The van der Waals surface area contributed by atoms with E-state index in [0.29, 0.717) is 6.42 Å². The van der Waals surface area contributed by atoms with Crippen LogP contribution in [0.2, 0.25) is 0 Å². The van der Waals surface area contributed by atoms with Gasteiger partial charge in [0.25, 0.3) is 0 Å². The summed E-state index contributed by atoms with van der Waals surface area (Å²) in [6, 6.07) is 9.27. The molecule has 2 atom stereocenters. The Kier molecular flexibility index (Phi) is 5.55. The van der Waals surface area contributed by atoms with Gasteiger partial charge in [0.05, 0.1) is 19.1 Å². The third-order valence-electron chi connectivity index (χ3n) is 3.23. The van der Waals surface area contributed by atoms with Crippen molar-refractivity contribution in [1.29, 1.82) is 0 Å². The minimum Gasteiger partial charge on any atom is -0.469 e. The van der Waals surface area contributed by atoms with Crippen LogP contribution >= 0.6 is 0 Å². The lowest BCUT2D eigenvalue weighted by molar-refractivity contribution is -0.150. The smallest absolute Gasteiger partial charge is 0.311 e. The Hall–Kier alpha value is -1.35. The highest BCUT2D eigenvalue weighted by molar-refractivity contribution is 5.73. The molecule has 0 radical (unpaired) electrons. The summed E-state index contributed by atoms with van der Waals surface area (Å²) in [7, 11) is 1.37. The van der Waals surface area contributed by atoms with E-state index in [1.165, 1.54) is 7.11 Å². The van der Waals surface area contributed by atoms with E-state index in [9.17, 15) is 9.90 Å². The first-order chi connectivity index (χ1) is 8.85. The number of carbonyl (C=O) groups excluding carboxylic acids is 1. The lowest BCUT2D eigenvalue weighted by Gasteiger charge is -2.25. The molecule has 0 heterocycles. The Morgan fingerprint density at radius 2 is 1.84 bits per heavy atom. The monoisotopic (exact) mass is 264 g/mol. The van der Waals surface area contributed by atoms with E-state index < -0.39 is 12.0 Å². The van der Waals surface area contributed by atoms with E-state index >= 15 is 0 Å². The van der Waals surface area contributed by atoms with Gasteiger partial charge in [-0.2, -0.15) is 0 Å². The molecule has 0 bridgehead atoms. The summed E-state index contributed by atoms with van der Waals surface area (Å²) in [5.41, 5.74) is 0.884. The van der Waals surface area contributed by atoms with Crippen molar-refractivity contribution in [3.8, 4) is 0 Å². The van der Waals surface area contributed by atoms with Crippen LogP contribution in [0.15, 0.2) is 30.3 Å². The van der Waals surface area contributed by atoms with Gasteiger partial charge in [-0.25, -0.2) is 0 Å². The molecule has 0 aliphatic heterocycles. The number of methoxy groups -OCH3 is 1. The molecule has 1 rings (SSSR count).